The molecule has 0 aromatic carbocycles. The zero-order valence-electron chi connectivity index (χ0n) is 19.9. The maximum absolute atomic E-state index is 13.7. The van der Waals surface area contributed by atoms with Crippen molar-refractivity contribution >= 4 is 23.1 Å². The Morgan fingerprint density at radius 2 is 2.00 bits per heavy atom. The van der Waals surface area contributed by atoms with Crippen molar-refractivity contribution in [1.82, 2.24) is 25.1 Å². The van der Waals surface area contributed by atoms with Gasteiger partial charge in [-0.3, -0.25) is 14.6 Å². The van der Waals surface area contributed by atoms with Gasteiger partial charge in [-0.15, -0.1) is 11.3 Å². The molecule has 10 heteroatoms. The molecule has 1 amide bonds. The third-order valence-electron chi connectivity index (χ3n) is 7.00. The number of likely N-dealkylation sites (tertiary alicyclic amines) is 1. The molecule has 186 valence electrons. The molecule has 1 N–H and O–H groups in total. The highest BCUT2D eigenvalue weighted by Crippen LogP contribution is 2.27. The Morgan fingerprint density at radius 1 is 1.21 bits per heavy atom. The van der Waals surface area contributed by atoms with Gasteiger partial charge in [-0.2, -0.15) is 0 Å². The van der Waals surface area contributed by atoms with E-state index in [1.165, 1.54) is 11.3 Å². The maximum Gasteiger partial charge on any atom is 0.270 e. The summed E-state index contributed by atoms with van der Waals surface area (Å²) >= 11 is 1.51. The Kier molecular flexibility index (Phi) is 8.10. The van der Waals surface area contributed by atoms with Crippen molar-refractivity contribution in [3.8, 4) is 0 Å². The summed E-state index contributed by atoms with van der Waals surface area (Å²) in [7, 11) is 0. The number of alkyl halides is 2. The van der Waals surface area contributed by atoms with Crippen LogP contribution in [0.2, 0.25) is 0 Å². The van der Waals surface area contributed by atoms with Gasteiger partial charge in [-0.1, -0.05) is 6.07 Å². The lowest BCUT2D eigenvalue weighted by Crippen LogP contribution is -2.52. The zero-order chi connectivity index (χ0) is 24.1. The fourth-order valence-electron chi connectivity index (χ4n) is 4.80. The number of pyridine rings is 1. The lowest BCUT2D eigenvalue weighted by Gasteiger charge is -2.41. The minimum Gasteiger partial charge on any atom is -0.355 e. The molecule has 0 saturated carbocycles. The monoisotopic (exact) mass is 492 g/mol. The highest BCUT2D eigenvalue weighted by atomic mass is 32.1. The molecule has 0 radical (unpaired) electrons. The average Bonchev–Trinajstić information content (AvgIpc) is 3.24. The van der Waals surface area contributed by atoms with E-state index >= 15 is 0 Å². The molecular formula is C24H34F2N6OS. The van der Waals surface area contributed by atoms with Gasteiger partial charge in [0.25, 0.3) is 11.8 Å². The predicted octanol–water partition coefficient (Wildman–Crippen LogP) is 3.49. The van der Waals surface area contributed by atoms with E-state index in [0.717, 1.165) is 76.3 Å². The van der Waals surface area contributed by atoms with Crippen LogP contribution in [0, 0.1) is 0 Å². The van der Waals surface area contributed by atoms with E-state index in [9.17, 15) is 13.6 Å². The highest BCUT2D eigenvalue weighted by Gasteiger charge is 2.37. The van der Waals surface area contributed by atoms with Gasteiger partial charge < -0.3 is 10.2 Å². The van der Waals surface area contributed by atoms with Crippen molar-refractivity contribution in [1.29, 1.82) is 0 Å². The van der Waals surface area contributed by atoms with Crippen LogP contribution in [0.4, 0.5) is 14.6 Å². The molecule has 0 spiro atoms. The summed E-state index contributed by atoms with van der Waals surface area (Å²) in [6.45, 7) is 8.09. The summed E-state index contributed by atoms with van der Waals surface area (Å²) in [6, 6.07) is 5.29. The fraction of sp³-hybridized carbons (Fsp3) is 0.625. The smallest absolute Gasteiger partial charge is 0.270 e. The summed E-state index contributed by atoms with van der Waals surface area (Å²) in [5.41, 5.74) is 0.407. The van der Waals surface area contributed by atoms with Crippen molar-refractivity contribution in [2.75, 3.05) is 44.2 Å². The summed E-state index contributed by atoms with van der Waals surface area (Å²) in [4.78, 5) is 28.1. The molecule has 2 aliphatic rings. The number of hydrogen-bond donors (Lipinski definition) is 1. The number of nitrogens with zero attached hydrogens (tertiary/aromatic N) is 5. The van der Waals surface area contributed by atoms with Crippen LogP contribution >= 0.6 is 11.3 Å². The van der Waals surface area contributed by atoms with Crippen molar-refractivity contribution in [2.45, 2.75) is 57.7 Å². The first-order valence-electron chi connectivity index (χ1n) is 12.1. The number of halogens is 2. The minimum absolute atomic E-state index is 0.202. The second-order valence-corrected chi connectivity index (χ2v) is 10.2. The van der Waals surface area contributed by atoms with Gasteiger partial charge in [0, 0.05) is 63.8 Å². The molecule has 2 aromatic heterocycles. The molecule has 2 saturated heterocycles. The number of piperidine rings is 1. The fourth-order valence-corrected chi connectivity index (χ4v) is 5.36. The van der Waals surface area contributed by atoms with Gasteiger partial charge in [0.1, 0.15) is 16.5 Å². The number of nitrogens with one attached hydrogen (secondary N) is 1. The highest BCUT2D eigenvalue weighted by molar-refractivity contribution is 7.09. The first-order valence-corrected chi connectivity index (χ1v) is 12.9. The zero-order valence-corrected chi connectivity index (χ0v) is 20.7. The first kappa shape index (κ1) is 24.9. The third kappa shape index (κ3) is 6.28. The average molecular weight is 493 g/mol. The second-order valence-electron chi connectivity index (χ2n) is 9.27. The molecular weight excluding hydrogens is 458 g/mol. The Labute approximate surface area is 204 Å². The number of hydrogen-bond acceptors (Lipinski definition) is 7. The maximum atomic E-state index is 13.7. The van der Waals surface area contributed by atoms with Gasteiger partial charge in [0.15, 0.2) is 0 Å². The lowest BCUT2D eigenvalue weighted by atomic mass is 10.00. The predicted molar refractivity (Wildman–Crippen MR) is 131 cm³/mol. The molecule has 1 atom stereocenters. The molecule has 7 nitrogen and oxygen atoms in total. The van der Waals surface area contributed by atoms with E-state index in [1.54, 1.807) is 19.2 Å². The Bertz CT molecular complexity index is 930. The minimum atomic E-state index is -2.67. The largest absolute Gasteiger partial charge is 0.355 e. The molecule has 0 aliphatic carbocycles. The van der Waals surface area contributed by atoms with Crippen LogP contribution in [-0.4, -0.2) is 82.9 Å². The standard InChI is InChI=1S/C24H34F2N6OS/c1-18(24(2,25)26)30-12-7-19(8-13-30)31-10-4-11-32(15-14-31)21-6-3-5-20(29-21)23(33)28-17-22-27-9-16-34-22/h3,5-6,9,16,18-19H,4,7-8,10-15,17H2,1-2H3,(H,28,33)/t18-/m0/s1. The molecule has 0 unspecified atom stereocenters. The molecule has 2 aromatic rings. The number of anilines is 1. The topological polar surface area (TPSA) is 64.6 Å². The van der Waals surface area contributed by atoms with Crippen LogP contribution in [-0.2, 0) is 6.54 Å². The normalized spacial score (nSPS) is 20.2. The van der Waals surface area contributed by atoms with Crippen molar-refractivity contribution in [3.63, 3.8) is 0 Å². The Hall–Kier alpha value is -2.17. The summed E-state index contributed by atoms with van der Waals surface area (Å²) in [6.07, 6.45) is 4.58. The van der Waals surface area contributed by atoms with Crippen LogP contribution in [0.1, 0.15) is 48.6 Å². The summed E-state index contributed by atoms with van der Waals surface area (Å²) < 4.78 is 27.4. The third-order valence-corrected chi connectivity index (χ3v) is 7.78. The quantitative estimate of drug-likeness (QED) is 0.639. The van der Waals surface area contributed by atoms with Crippen LogP contribution in [0.25, 0.3) is 0 Å². The van der Waals surface area contributed by atoms with Gasteiger partial charge in [0.05, 0.1) is 12.6 Å². The first-order chi connectivity index (χ1) is 16.3. The van der Waals surface area contributed by atoms with Gasteiger partial charge >= 0.3 is 0 Å². The molecule has 2 aliphatic heterocycles. The number of rotatable bonds is 7. The number of thiazole rings is 1. The van der Waals surface area contributed by atoms with Gasteiger partial charge in [0.2, 0.25) is 0 Å². The number of amides is 1. The molecule has 4 heterocycles. The van der Waals surface area contributed by atoms with Crippen molar-refractivity contribution in [3.05, 3.63) is 40.5 Å². The van der Waals surface area contributed by atoms with E-state index in [1.807, 2.05) is 22.4 Å². The van der Waals surface area contributed by atoms with Crippen LogP contribution in [0.5, 0.6) is 0 Å². The molecule has 2 fully saturated rings. The number of carbonyl (C=O) groups excluding carboxylic acids is 1. The summed E-state index contributed by atoms with van der Waals surface area (Å²) in [5, 5.41) is 5.63. The van der Waals surface area contributed by atoms with E-state index in [2.05, 4.69) is 25.1 Å². The van der Waals surface area contributed by atoms with Crippen LogP contribution in [0.15, 0.2) is 29.8 Å². The molecule has 34 heavy (non-hydrogen) atoms. The Balaban J connectivity index is 1.30. The number of aromatic nitrogens is 2. The van der Waals surface area contributed by atoms with Crippen LogP contribution in [0.3, 0.4) is 0 Å². The SMILES string of the molecule is C[C@H](N1CCC(N2CCCN(c3cccc(C(=O)NCc4nccs4)n3)CC2)CC1)C(C)(F)F. The molecule has 4 rings (SSSR count). The van der Waals surface area contributed by atoms with Gasteiger partial charge in [-0.05, 0) is 38.3 Å². The lowest BCUT2D eigenvalue weighted by molar-refractivity contribution is -0.0692. The number of carbonyl (C=O) groups is 1. The van der Waals surface area contributed by atoms with E-state index in [-0.39, 0.29) is 5.91 Å². The summed E-state index contributed by atoms with van der Waals surface area (Å²) in [5.74, 6) is -2.06. The second kappa shape index (κ2) is 11.0. The van der Waals surface area contributed by atoms with Crippen LogP contribution < -0.4 is 10.2 Å². The van der Waals surface area contributed by atoms with E-state index in [0.29, 0.717) is 18.3 Å². The van der Waals surface area contributed by atoms with Crippen molar-refractivity contribution < 1.29 is 13.6 Å². The van der Waals surface area contributed by atoms with E-state index < -0.39 is 12.0 Å². The Morgan fingerprint density at radius 3 is 2.71 bits per heavy atom. The molecule has 0 bridgehead atoms. The van der Waals surface area contributed by atoms with Gasteiger partial charge in [-0.25, -0.2) is 18.7 Å². The van der Waals surface area contributed by atoms with E-state index in [4.69, 9.17) is 0 Å². The van der Waals surface area contributed by atoms with Crippen molar-refractivity contribution in [2.24, 2.45) is 0 Å².